The number of nitrogens with zero attached hydrogens (tertiary/aromatic N) is 1. The Morgan fingerprint density at radius 2 is 1.53 bits per heavy atom. The lowest BCUT2D eigenvalue weighted by Crippen LogP contribution is -2.49. The zero-order chi connectivity index (χ0) is 10.7. The van der Waals surface area contributed by atoms with E-state index in [1.807, 2.05) is 0 Å². The molecule has 1 heterocycles. The van der Waals surface area contributed by atoms with Crippen LogP contribution in [0.2, 0.25) is 0 Å². The minimum atomic E-state index is -0.0492. The molecule has 1 aliphatic carbocycles. The van der Waals surface area contributed by atoms with Gasteiger partial charge >= 0.3 is 0 Å². The van der Waals surface area contributed by atoms with E-state index in [1.165, 1.54) is 12.8 Å². The molecule has 0 atom stereocenters. The highest BCUT2D eigenvalue weighted by atomic mass is 16.3. The van der Waals surface area contributed by atoms with Gasteiger partial charge in [-0.15, -0.1) is 0 Å². The molecule has 88 valence electrons. The van der Waals surface area contributed by atoms with Crippen LogP contribution >= 0.6 is 0 Å². The van der Waals surface area contributed by atoms with Crippen LogP contribution in [0.25, 0.3) is 0 Å². The molecule has 1 saturated carbocycles. The first-order chi connectivity index (χ1) is 7.33. The van der Waals surface area contributed by atoms with Gasteiger partial charge in [-0.25, -0.2) is 0 Å². The van der Waals surface area contributed by atoms with Crippen molar-refractivity contribution >= 4 is 0 Å². The van der Waals surface area contributed by atoms with Gasteiger partial charge in [-0.05, 0) is 25.7 Å². The second-order valence-corrected chi connectivity index (χ2v) is 4.77. The highest BCUT2D eigenvalue weighted by Crippen LogP contribution is 2.22. The molecule has 0 spiro atoms. The van der Waals surface area contributed by atoms with Gasteiger partial charge in [-0.2, -0.15) is 0 Å². The summed E-state index contributed by atoms with van der Waals surface area (Å²) in [5, 5.41) is 21.8. The summed E-state index contributed by atoms with van der Waals surface area (Å²) in [6, 6.07) is 1.40. The quantitative estimate of drug-likeness (QED) is 0.580. The number of aliphatic hydroxyl groups excluding tert-OH is 2. The van der Waals surface area contributed by atoms with Crippen molar-refractivity contribution in [2.75, 3.05) is 26.3 Å². The van der Waals surface area contributed by atoms with Gasteiger partial charge in [0.15, 0.2) is 0 Å². The highest BCUT2D eigenvalue weighted by molar-refractivity contribution is 4.88. The van der Waals surface area contributed by atoms with Crippen LogP contribution in [0.3, 0.4) is 0 Å². The average molecular weight is 214 g/mol. The van der Waals surface area contributed by atoms with Crippen LogP contribution in [-0.2, 0) is 0 Å². The zero-order valence-electron chi connectivity index (χ0n) is 9.23. The fourth-order valence-electron chi connectivity index (χ4n) is 2.30. The number of rotatable bonds is 5. The SMILES string of the molecule is OCC(CO)N1CCC(NC2CC2)CC1. The smallest absolute Gasteiger partial charge is 0.0609 e. The summed E-state index contributed by atoms with van der Waals surface area (Å²) >= 11 is 0. The van der Waals surface area contributed by atoms with E-state index in [4.69, 9.17) is 10.2 Å². The molecule has 2 rings (SSSR count). The Morgan fingerprint density at radius 1 is 1.00 bits per heavy atom. The molecule has 1 aliphatic heterocycles. The number of nitrogens with one attached hydrogen (secondary N) is 1. The Hall–Kier alpha value is -0.160. The first-order valence-electron chi connectivity index (χ1n) is 6.05. The maximum Gasteiger partial charge on any atom is 0.0609 e. The van der Waals surface area contributed by atoms with Crippen LogP contribution in [0.1, 0.15) is 25.7 Å². The Labute approximate surface area is 91.3 Å². The monoisotopic (exact) mass is 214 g/mol. The van der Waals surface area contributed by atoms with Crippen LogP contribution < -0.4 is 5.32 Å². The van der Waals surface area contributed by atoms with Crippen molar-refractivity contribution in [1.29, 1.82) is 0 Å². The van der Waals surface area contributed by atoms with Gasteiger partial charge in [0.1, 0.15) is 0 Å². The van der Waals surface area contributed by atoms with Crippen molar-refractivity contribution in [1.82, 2.24) is 10.2 Å². The first kappa shape index (κ1) is 11.3. The summed E-state index contributed by atoms with van der Waals surface area (Å²) in [6.45, 7) is 2.13. The Balaban J connectivity index is 1.70. The van der Waals surface area contributed by atoms with E-state index < -0.39 is 0 Å². The van der Waals surface area contributed by atoms with Crippen LogP contribution in [-0.4, -0.2) is 59.5 Å². The van der Waals surface area contributed by atoms with E-state index >= 15 is 0 Å². The van der Waals surface area contributed by atoms with E-state index in [2.05, 4.69) is 10.2 Å². The van der Waals surface area contributed by atoms with Crippen molar-refractivity contribution in [3.63, 3.8) is 0 Å². The van der Waals surface area contributed by atoms with Gasteiger partial charge in [0.05, 0.1) is 19.3 Å². The molecule has 2 fully saturated rings. The molecule has 0 aromatic heterocycles. The lowest BCUT2D eigenvalue weighted by atomic mass is 10.0. The summed E-state index contributed by atoms with van der Waals surface area (Å²) in [6.07, 6.45) is 4.98. The van der Waals surface area contributed by atoms with E-state index in [1.54, 1.807) is 0 Å². The number of hydrogen-bond acceptors (Lipinski definition) is 4. The second kappa shape index (κ2) is 5.25. The molecule has 2 aliphatic rings. The first-order valence-corrected chi connectivity index (χ1v) is 6.05. The topological polar surface area (TPSA) is 55.7 Å². The lowest BCUT2D eigenvalue weighted by Gasteiger charge is -2.36. The number of aliphatic hydroxyl groups is 2. The zero-order valence-corrected chi connectivity index (χ0v) is 9.23. The van der Waals surface area contributed by atoms with Gasteiger partial charge in [-0.3, -0.25) is 4.90 Å². The average Bonchev–Trinajstić information content (AvgIpc) is 3.06. The maximum absolute atomic E-state index is 9.08. The molecule has 3 N–H and O–H groups in total. The van der Waals surface area contributed by atoms with Crippen LogP contribution in [0.15, 0.2) is 0 Å². The molecule has 15 heavy (non-hydrogen) atoms. The maximum atomic E-state index is 9.08. The molecule has 0 bridgehead atoms. The number of piperidine rings is 1. The highest BCUT2D eigenvalue weighted by Gasteiger charge is 2.28. The third-order valence-corrected chi connectivity index (χ3v) is 3.52. The minimum Gasteiger partial charge on any atom is -0.395 e. The fourth-order valence-corrected chi connectivity index (χ4v) is 2.30. The van der Waals surface area contributed by atoms with E-state index in [0.29, 0.717) is 6.04 Å². The van der Waals surface area contributed by atoms with Crippen molar-refractivity contribution in [2.45, 2.75) is 43.8 Å². The summed E-state index contributed by atoms with van der Waals surface area (Å²) in [5.74, 6) is 0. The molecule has 0 aromatic rings. The van der Waals surface area contributed by atoms with Gasteiger partial charge in [-0.1, -0.05) is 0 Å². The van der Waals surface area contributed by atoms with Gasteiger partial charge in [0, 0.05) is 25.2 Å². The largest absolute Gasteiger partial charge is 0.395 e. The Morgan fingerprint density at radius 3 is 2.00 bits per heavy atom. The molecule has 4 heteroatoms. The molecule has 1 saturated heterocycles. The van der Waals surface area contributed by atoms with Gasteiger partial charge < -0.3 is 15.5 Å². The second-order valence-electron chi connectivity index (χ2n) is 4.77. The third kappa shape index (κ3) is 3.14. The molecule has 0 radical (unpaired) electrons. The predicted molar refractivity (Wildman–Crippen MR) is 58.7 cm³/mol. The summed E-state index contributed by atoms with van der Waals surface area (Å²) in [4.78, 5) is 2.20. The summed E-state index contributed by atoms with van der Waals surface area (Å²) in [7, 11) is 0. The fraction of sp³-hybridized carbons (Fsp3) is 1.00. The van der Waals surface area contributed by atoms with Crippen molar-refractivity contribution < 1.29 is 10.2 Å². The number of likely N-dealkylation sites (tertiary alicyclic amines) is 1. The van der Waals surface area contributed by atoms with Crippen molar-refractivity contribution in [3.05, 3.63) is 0 Å². The molecule has 0 aromatic carbocycles. The van der Waals surface area contributed by atoms with Crippen LogP contribution in [0, 0.1) is 0 Å². The van der Waals surface area contributed by atoms with E-state index in [-0.39, 0.29) is 19.3 Å². The van der Waals surface area contributed by atoms with Gasteiger partial charge in [0.25, 0.3) is 0 Å². The van der Waals surface area contributed by atoms with Crippen LogP contribution in [0.4, 0.5) is 0 Å². The van der Waals surface area contributed by atoms with Crippen molar-refractivity contribution in [2.24, 2.45) is 0 Å². The van der Waals surface area contributed by atoms with Gasteiger partial charge in [0.2, 0.25) is 0 Å². The lowest BCUT2D eigenvalue weighted by molar-refractivity contribution is 0.0541. The molecule has 0 amide bonds. The van der Waals surface area contributed by atoms with E-state index in [9.17, 15) is 0 Å². The predicted octanol–water partition coefficient (Wildman–Crippen LogP) is -0.444. The molecule has 0 unspecified atom stereocenters. The molecule has 4 nitrogen and oxygen atoms in total. The number of hydrogen-bond donors (Lipinski definition) is 3. The van der Waals surface area contributed by atoms with E-state index in [0.717, 1.165) is 32.0 Å². The third-order valence-electron chi connectivity index (χ3n) is 3.52. The Kier molecular flexibility index (Phi) is 3.97. The molecular formula is C11H22N2O2. The summed E-state index contributed by atoms with van der Waals surface area (Å²) in [5.41, 5.74) is 0. The normalized spacial score (nSPS) is 25.0. The summed E-state index contributed by atoms with van der Waals surface area (Å²) < 4.78 is 0. The molecular weight excluding hydrogens is 192 g/mol. The minimum absolute atomic E-state index is 0.0492. The van der Waals surface area contributed by atoms with Crippen LogP contribution in [0.5, 0.6) is 0 Å². The standard InChI is InChI=1S/C11H22N2O2/c14-7-11(8-15)13-5-3-10(4-6-13)12-9-1-2-9/h9-12,14-15H,1-8H2. The van der Waals surface area contributed by atoms with Crippen molar-refractivity contribution in [3.8, 4) is 0 Å². The Bertz CT molecular complexity index is 185.